The van der Waals surface area contributed by atoms with E-state index in [1.165, 1.54) is 0 Å². The number of hydrogen-bond acceptors (Lipinski definition) is 2. The smallest absolute Gasteiger partial charge is 0.148 e. The van der Waals surface area contributed by atoms with Crippen molar-refractivity contribution in [3.63, 3.8) is 0 Å². The molecule has 0 N–H and O–H groups in total. The number of hydrogen-bond donors (Lipinski definition) is 0. The average Bonchev–Trinajstić information content (AvgIpc) is 2.10. The van der Waals surface area contributed by atoms with Crippen LogP contribution in [0.15, 0.2) is 0 Å². The number of carbonyl (C=O) groups excluding carboxylic acids is 1. The van der Waals surface area contributed by atoms with E-state index in [2.05, 4.69) is 5.92 Å². The molecule has 0 saturated heterocycles. The Morgan fingerprint density at radius 2 is 2.33 bits per heavy atom. The van der Waals surface area contributed by atoms with Gasteiger partial charge in [0, 0.05) is 13.0 Å². The monoisotopic (exact) mass is 168 g/mol. The maximum absolute atomic E-state index is 10.4. The normalized spacial score (nSPS) is 12.0. The first-order valence-electron chi connectivity index (χ1n) is 4.35. The molecule has 0 saturated carbocycles. The summed E-state index contributed by atoms with van der Waals surface area (Å²) in [5, 5.41) is 0. The molecule has 68 valence electrons. The summed E-state index contributed by atoms with van der Waals surface area (Å²) in [5.41, 5.74) is 0. The van der Waals surface area contributed by atoms with E-state index in [0.29, 0.717) is 6.61 Å². The van der Waals surface area contributed by atoms with Crippen molar-refractivity contribution in [3.8, 4) is 12.3 Å². The minimum Gasteiger partial charge on any atom is -0.371 e. The van der Waals surface area contributed by atoms with Crippen molar-refractivity contribution < 1.29 is 9.53 Å². The maximum atomic E-state index is 10.4. The molecule has 0 aliphatic rings. The Labute approximate surface area is 74.3 Å². The summed E-state index contributed by atoms with van der Waals surface area (Å²) in [6, 6.07) is 0. The molecule has 0 heterocycles. The molecular weight excluding hydrogens is 152 g/mol. The third-order valence-corrected chi connectivity index (χ3v) is 1.59. The molecule has 12 heavy (non-hydrogen) atoms. The lowest BCUT2D eigenvalue weighted by Crippen LogP contribution is -2.13. The molecule has 1 unspecified atom stereocenters. The lowest BCUT2D eigenvalue weighted by Gasteiger charge is -2.08. The molecule has 0 aliphatic heterocycles. The van der Waals surface area contributed by atoms with Crippen LogP contribution in [0.4, 0.5) is 0 Å². The topological polar surface area (TPSA) is 26.3 Å². The first-order chi connectivity index (χ1) is 5.85. The molecule has 0 aromatic carbocycles. The van der Waals surface area contributed by atoms with Gasteiger partial charge in [-0.05, 0) is 26.2 Å². The number of carbonyl (C=O) groups is 1. The second-order valence-corrected chi connectivity index (χ2v) is 2.58. The molecule has 2 heteroatoms. The van der Waals surface area contributed by atoms with E-state index in [4.69, 9.17) is 11.2 Å². The van der Waals surface area contributed by atoms with Crippen LogP contribution >= 0.6 is 0 Å². The molecule has 0 fully saturated rings. The lowest BCUT2D eigenvalue weighted by molar-refractivity contribution is -0.118. The maximum Gasteiger partial charge on any atom is 0.148 e. The van der Waals surface area contributed by atoms with Crippen LogP contribution in [0.25, 0.3) is 0 Å². The predicted octanol–water partition coefficient (Wildman–Crippen LogP) is 1.78. The highest BCUT2D eigenvalue weighted by atomic mass is 16.5. The molecule has 0 spiro atoms. The van der Waals surface area contributed by atoms with Crippen molar-refractivity contribution >= 4 is 6.29 Å². The van der Waals surface area contributed by atoms with Gasteiger partial charge in [0.15, 0.2) is 0 Å². The van der Waals surface area contributed by atoms with Crippen molar-refractivity contribution in [1.29, 1.82) is 0 Å². The van der Waals surface area contributed by atoms with Crippen LogP contribution in [0, 0.1) is 12.3 Å². The van der Waals surface area contributed by atoms with Crippen molar-refractivity contribution in [3.05, 3.63) is 0 Å². The standard InChI is InChI=1S/C10H16O2/c1-3-5-6-7-8-10(9-11)12-4-2/h1,9-10H,4-8H2,2H3. The Kier molecular flexibility index (Phi) is 7.73. The minimum absolute atomic E-state index is 0.229. The highest BCUT2D eigenvalue weighted by Crippen LogP contribution is 2.04. The minimum atomic E-state index is -0.229. The van der Waals surface area contributed by atoms with E-state index >= 15 is 0 Å². The van der Waals surface area contributed by atoms with Gasteiger partial charge >= 0.3 is 0 Å². The van der Waals surface area contributed by atoms with Crippen molar-refractivity contribution in [1.82, 2.24) is 0 Å². The molecule has 0 rings (SSSR count). The van der Waals surface area contributed by atoms with Crippen LogP contribution in [-0.4, -0.2) is 19.0 Å². The van der Waals surface area contributed by atoms with Crippen LogP contribution in [-0.2, 0) is 9.53 Å². The van der Waals surface area contributed by atoms with Crippen molar-refractivity contribution in [2.24, 2.45) is 0 Å². The van der Waals surface area contributed by atoms with Crippen molar-refractivity contribution in [2.75, 3.05) is 6.61 Å². The zero-order valence-corrected chi connectivity index (χ0v) is 7.58. The van der Waals surface area contributed by atoms with E-state index in [1.807, 2.05) is 6.92 Å². The Morgan fingerprint density at radius 1 is 1.58 bits per heavy atom. The van der Waals surface area contributed by atoms with E-state index in [9.17, 15) is 4.79 Å². The van der Waals surface area contributed by atoms with Gasteiger partial charge in [0.25, 0.3) is 0 Å². The molecule has 1 atom stereocenters. The van der Waals surface area contributed by atoms with E-state index in [1.54, 1.807) is 0 Å². The first-order valence-corrected chi connectivity index (χ1v) is 4.35. The van der Waals surface area contributed by atoms with Crippen molar-refractivity contribution in [2.45, 2.75) is 38.7 Å². The first kappa shape index (κ1) is 11.2. The third kappa shape index (κ3) is 5.94. The number of unbranched alkanes of at least 4 members (excludes halogenated alkanes) is 2. The van der Waals surface area contributed by atoms with E-state index < -0.39 is 0 Å². The predicted molar refractivity (Wildman–Crippen MR) is 48.8 cm³/mol. The highest BCUT2D eigenvalue weighted by Gasteiger charge is 2.04. The SMILES string of the molecule is C#CCCCCC(C=O)OCC. The number of rotatable bonds is 7. The van der Waals surface area contributed by atoms with Gasteiger partial charge in [-0.3, -0.25) is 0 Å². The van der Waals surface area contributed by atoms with Crippen LogP contribution in [0.3, 0.4) is 0 Å². The summed E-state index contributed by atoms with van der Waals surface area (Å²) in [4.78, 5) is 10.4. The van der Waals surface area contributed by atoms with E-state index in [0.717, 1.165) is 32.0 Å². The molecule has 2 nitrogen and oxygen atoms in total. The van der Waals surface area contributed by atoms with Gasteiger partial charge in [-0.25, -0.2) is 0 Å². The average molecular weight is 168 g/mol. The lowest BCUT2D eigenvalue weighted by atomic mass is 10.1. The number of terminal acetylenes is 1. The molecule has 0 amide bonds. The van der Waals surface area contributed by atoms with Crippen LogP contribution in [0.2, 0.25) is 0 Å². The third-order valence-electron chi connectivity index (χ3n) is 1.59. The zero-order valence-electron chi connectivity index (χ0n) is 7.58. The summed E-state index contributed by atoms with van der Waals surface area (Å²) in [6.07, 6.45) is 9.24. The van der Waals surface area contributed by atoms with E-state index in [-0.39, 0.29) is 6.10 Å². The Bertz CT molecular complexity index is 146. The van der Waals surface area contributed by atoms with Gasteiger partial charge in [-0.15, -0.1) is 12.3 Å². The van der Waals surface area contributed by atoms with Crippen LogP contribution in [0.1, 0.15) is 32.6 Å². The number of ether oxygens (including phenoxy) is 1. The zero-order chi connectivity index (χ0) is 9.23. The second-order valence-electron chi connectivity index (χ2n) is 2.58. The summed E-state index contributed by atoms with van der Waals surface area (Å²) in [7, 11) is 0. The fraction of sp³-hybridized carbons (Fsp3) is 0.700. The Hall–Kier alpha value is -0.810. The summed E-state index contributed by atoms with van der Waals surface area (Å²) in [5.74, 6) is 2.56. The summed E-state index contributed by atoms with van der Waals surface area (Å²) < 4.78 is 5.15. The largest absolute Gasteiger partial charge is 0.371 e. The van der Waals surface area contributed by atoms with Gasteiger partial charge in [-0.1, -0.05) is 0 Å². The summed E-state index contributed by atoms with van der Waals surface area (Å²) >= 11 is 0. The summed E-state index contributed by atoms with van der Waals surface area (Å²) in [6.45, 7) is 2.48. The number of aldehydes is 1. The fourth-order valence-electron chi connectivity index (χ4n) is 0.977. The van der Waals surface area contributed by atoms with Crippen LogP contribution in [0.5, 0.6) is 0 Å². The van der Waals surface area contributed by atoms with Gasteiger partial charge in [0.05, 0.1) is 0 Å². The van der Waals surface area contributed by atoms with Gasteiger partial charge in [0.2, 0.25) is 0 Å². The van der Waals surface area contributed by atoms with Gasteiger partial charge in [-0.2, -0.15) is 0 Å². The molecule has 0 bridgehead atoms. The van der Waals surface area contributed by atoms with Crippen LogP contribution < -0.4 is 0 Å². The molecule has 0 aromatic rings. The molecule has 0 aliphatic carbocycles. The molecular formula is C10H16O2. The second kappa shape index (κ2) is 8.29. The highest BCUT2D eigenvalue weighted by molar-refractivity contribution is 5.55. The Morgan fingerprint density at radius 3 is 2.83 bits per heavy atom. The van der Waals surface area contributed by atoms with Gasteiger partial charge < -0.3 is 9.53 Å². The fourth-order valence-corrected chi connectivity index (χ4v) is 0.977. The molecule has 0 radical (unpaired) electrons. The molecule has 0 aromatic heterocycles. The quantitative estimate of drug-likeness (QED) is 0.329. The van der Waals surface area contributed by atoms with Gasteiger partial charge in [0.1, 0.15) is 12.4 Å². The Balaban J connectivity index is 3.32.